The molecule has 0 unspecified atom stereocenters. The van der Waals surface area contributed by atoms with Crippen LogP contribution in [0.5, 0.6) is 11.5 Å². The van der Waals surface area contributed by atoms with Gasteiger partial charge in [-0.05, 0) is 18.6 Å². The lowest BCUT2D eigenvalue weighted by Gasteiger charge is -2.12. The molecule has 0 aliphatic rings. The van der Waals surface area contributed by atoms with E-state index in [9.17, 15) is 0 Å². The van der Waals surface area contributed by atoms with Crippen molar-refractivity contribution in [2.24, 2.45) is 12.8 Å². The Labute approximate surface area is 119 Å². The third kappa shape index (κ3) is 3.11. The molecule has 5 heteroatoms. The summed E-state index contributed by atoms with van der Waals surface area (Å²) in [4.78, 5) is 0. The molecule has 1 heterocycles. The summed E-state index contributed by atoms with van der Waals surface area (Å²) in [6, 6.07) is 7.73. The molecule has 0 aliphatic carbocycles. The Morgan fingerprint density at radius 2 is 2.10 bits per heavy atom. The molecule has 0 amide bonds. The van der Waals surface area contributed by atoms with Crippen LogP contribution in [0.15, 0.2) is 24.3 Å². The largest absolute Gasteiger partial charge is 0.497 e. The number of aryl methyl sites for hydroxylation is 2. The quantitative estimate of drug-likeness (QED) is 0.876. The third-order valence-corrected chi connectivity index (χ3v) is 3.26. The van der Waals surface area contributed by atoms with Crippen LogP contribution in [0, 0.1) is 0 Å². The van der Waals surface area contributed by atoms with Crippen molar-refractivity contribution in [3.05, 3.63) is 41.2 Å². The van der Waals surface area contributed by atoms with E-state index in [0.717, 1.165) is 34.9 Å². The van der Waals surface area contributed by atoms with Crippen molar-refractivity contribution in [1.82, 2.24) is 9.78 Å². The molecule has 0 saturated carbocycles. The number of hydrogen-bond donors (Lipinski definition) is 1. The minimum Gasteiger partial charge on any atom is -0.497 e. The maximum atomic E-state index is 5.87. The van der Waals surface area contributed by atoms with E-state index in [0.29, 0.717) is 13.2 Å². The molecule has 0 radical (unpaired) electrons. The van der Waals surface area contributed by atoms with Gasteiger partial charge in [-0.3, -0.25) is 4.68 Å². The summed E-state index contributed by atoms with van der Waals surface area (Å²) in [5.41, 5.74) is 8.79. The van der Waals surface area contributed by atoms with Crippen LogP contribution in [0.25, 0.3) is 0 Å². The van der Waals surface area contributed by atoms with Crippen LogP contribution in [0.2, 0.25) is 0 Å². The van der Waals surface area contributed by atoms with Crippen molar-refractivity contribution in [2.75, 3.05) is 7.11 Å². The Kier molecular flexibility index (Phi) is 4.63. The summed E-state index contributed by atoms with van der Waals surface area (Å²) >= 11 is 0. The molecular formula is C15H21N3O2. The average Bonchev–Trinajstić information content (AvgIpc) is 2.85. The SMILES string of the molecule is CCc1cc(COc2cc(OC)ccc2CN)n(C)n1. The molecule has 0 bridgehead atoms. The maximum absolute atomic E-state index is 5.87. The number of ether oxygens (including phenoxy) is 2. The van der Waals surface area contributed by atoms with Crippen molar-refractivity contribution < 1.29 is 9.47 Å². The van der Waals surface area contributed by atoms with Crippen LogP contribution in [-0.2, 0) is 26.6 Å². The highest BCUT2D eigenvalue weighted by atomic mass is 16.5. The first-order chi connectivity index (χ1) is 9.67. The molecule has 0 saturated heterocycles. The van der Waals surface area contributed by atoms with Crippen molar-refractivity contribution >= 4 is 0 Å². The number of hydrogen-bond acceptors (Lipinski definition) is 4. The molecule has 0 aliphatic heterocycles. The normalized spacial score (nSPS) is 10.6. The van der Waals surface area contributed by atoms with E-state index >= 15 is 0 Å². The van der Waals surface area contributed by atoms with Gasteiger partial charge < -0.3 is 15.2 Å². The van der Waals surface area contributed by atoms with Gasteiger partial charge in [-0.2, -0.15) is 5.10 Å². The summed E-state index contributed by atoms with van der Waals surface area (Å²) in [5.74, 6) is 1.52. The Morgan fingerprint density at radius 1 is 1.30 bits per heavy atom. The molecule has 0 fully saturated rings. The van der Waals surface area contributed by atoms with Gasteiger partial charge in [0.15, 0.2) is 0 Å². The van der Waals surface area contributed by atoms with E-state index in [1.807, 2.05) is 29.9 Å². The number of rotatable bonds is 6. The highest BCUT2D eigenvalue weighted by Gasteiger charge is 2.08. The van der Waals surface area contributed by atoms with Crippen molar-refractivity contribution in [1.29, 1.82) is 0 Å². The Morgan fingerprint density at radius 3 is 2.70 bits per heavy atom. The van der Waals surface area contributed by atoms with Crippen molar-refractivity contribution in [3.63, 3.8) is 0 Å². The van der Waals surface area contributed by atoms with Crippen LogP contribution in [0.3, 0.4) is 0 Å². The molecule has 0 atom stereocenters. The van der Waals surface area contributed by atoms with Crippen molar-refractivity contribution in [3.8, 4) is 11.5 Å². The topological polar surface area (TPSA) is 62.3 Å². The Hall–Kier alpha value is -2.01. The van der Waals surface area contributed by atoms with Gasteiger partial charge >= 0.3 is 0 Å². The number of aromatic nitrogens is 2. The van der Waals surface area contributed by atoms with E-state index < -0.39 is 0 Å². The first kappa shape index (κ1) is 14.4. The van der Waals surface area contributed by atoms with Gasteiger partial charge in [-0.25, -0.2) is 0 Å². The summed E-state index contributed by atoms with van der Waals surface area (Å²) in [6.45, 7) is 2.98. The highest BCUT2D eigenvalue weighted by molar-refractivity contribution is 5.40. The summed E-state index contributed by atoms with van der Waals surface area (Å²) in [5, 5.41) is 4.40. The van der Waals surface area contributed by atoms with Gasteiger partial charge in [0.2, 0.25) is 0 Å². The molecule has 2 N–H and O–H groups in total. The zero-order valence-electron chi connectivity index (χ0n) is 12.2. The molecule has 2 aromatic rings. The maximum Gasteiger partial charge on any atom is 0.130 e. The standard InChI is InChI=1S/C15H21N3O2/c1-4-12-7-13(18(2)17-12)10-20-15-8-14(19-3)6-5-11(15)9-16/h5-8H,4,9-10,16H2,1-3H3. The fraction of sp³-hybridized carbons (Fsp3) is 0.400. The molecule has 2 rings (SSSR count). The van der Waals surface area contributed by atoms with E-state index in [1.165, 1.54) is 0 Å². The minimum absolute atomic E-state index is 0.435. The zero-order chi connectivity index (χ0) is 14.5. The predicted octanol–water partition coefficient (Wildman–Crippen LogP) is 2.03. The second-order valence-electron chi connectivity index (χ2n) is 4.57. The van der Waals surface area contributed by atoms with Crippen LogP contribution < -0.4 is 15.2 Å². The molecule has 20 heavy (non-hydrogen) atoms. The second-order valence-corrected chi connectivity index (χ2v) is 4.57. The fourth-order valence-electron chi connectivity index (χ4n) is 2.00. The molecule has 1 aromatic heterocycles. The van der Waals surface area contributed by atoms with Gasteiger partial charge in [0.25, 0.3) is 0 Å². The van der Waals surface area contributed by atoms with Gasteiger partial charge in [-0.1, -0.05) is 13.0 Å². The third-order valence-electron chi connectivity index (χ3n) is 3.26. The predicted molar refractivity (Wildman–Crippen MR) is 77.8 cm³/mol. The number of nitrogens with two attached hydrogens (primary N) is 1. The first-order valence-electron chi connectivity index (χ1n) is 6.69. The summed E-state index contributed by atoms with van der Waals surface area (Å²) in [6.07, 6.45) is 0.918. The van der Waals surface area contributed by atoms with Crippen LogP contribution in [-0.4, -0.2) is 16.9 Å². The molecule has 1 aromatic carbocycles. The monoisotopic (exact) mass is 275 g/mol. The van der Waals surface area contributed by atoms with Crippen molar-refractivity contribution in [2.45, 2.75) is 26.5 Å². The van der Waals surface area contributed by atoms with Crippen LogP contribution in [0.4, 0.5) is 0 Å². The number of nitrogens with zero attached hydrogens (tertiary/aromatic N) is 2. The molecule has 5 nitrogen and oxygen atoms in total. The molecule has 108 valence electrons. The number of benzene rings is 1. The van der Waals surface area contributed by atoms with E-state index in [-0.39, 0.29) is 0 Å². The number of methoxy groups -OCH3 is 1. The van der Waals surface area contributed by atoms with Crippen LogP contribution >= 0.6 is 0 Å². The lowest BCUT2D eigenvalue weighted by atomic mass is 10.2. The Balaban J connectivity index is 2.14. The lowest BCUT2D eigenvalue weighted by Crippen LogP contribution is -2.06. The summed E-state index contributed by atoms with van der Waals surface area (Å²) in [7, 11) is 3.56. The zero-order valence-corrected chi connectivity index (χ0v) is 12.2. The average molecular weight is 275 g/mol. The second kappa shape index (κ2) is 6.43. The highest BCUT2D eigenvalue weighted by Crippen LogP contribution is 2.25. The van der Waals surface area contributed by atoms with E-state index in [2.05, 4.69) is 18.1 Å². The Bertz CT molecular complexity index is 578. The summed E-state index contributed by atoms with van der Waals surface area (Å²) < 4.78 is 12.9. The first-order valence-corrected chi connectivity index (χ1v) is 6.69. The van der Waals surface area contributed by atoms with E-state index in [4.69, 9.17) is 15.2 Å². The molecule has 0 spiro atoms. The van der Waals surface area contributed by atoms with Gasteiger partial charge in [0.05, 0.1) is 18.5 Å². The van der Waals surface area contributed by atoms with Gasteiger partial charge in [0, 0.05) is 25.2 Å². The minimum atomic E-state index is 0.435. The smallest absolute Gasteiger partial charge is 0.130 e. The van der Waals surface area contributed by atoms with E-state index in [1.54, 1.807) is 7.11 Å². The van der Waals surface area contributed by atoms with Crippen LogP contribution in [0.1, 0.15) is 23.9 Å². The van der Waals surface area contributed by atoms with Gasteiger partial charge in [-0.15, -0.1) is 0 Å². The fourth-order valence-corrected chi connectivity index (χ4v) is 2.00. The van der Waals surface area contributed by atoms with Gasteiger partial charge in [0.1, 0.15) is 18.1 Å². The molecular weight excluding hydrogens is 254 g/mol. The lowest BCUT2D eigenvalue weighted by molar-refractivity contribution is 0.289.